The van der Waals surface area contributed by atoms with E-state index in [2.05, 4.69) is 120 Å². The summed E-state index contributed by atoms with van der Waals surface area (Å²) in [6.07, 6.45) is 0. The summed E-state index contributed by atoms with van der Waals surface area (Å²) in [5.41, 5.74) is 7.84. The fourth-order valence-electron chi connectivity index (χ4n) is 6.92. The molecule has 5 heteroatoms. The van der Waals surface area contributed by atoms with Crippen molar-refractivity contribution in [2.45, 2.75) is 0 Å². The van der Waals surface area contributed by atoms with E-state index in [-0.39, 0.29) is 0 Å². The second-order valence-corrected chi connectivity index (χ2v) is 12.1. The lowest BCUT2D eigenvalue weighted by atomic mass is 10.1. The van der Waals surface area contributed by atoms with Gasteiger partial charge in [-0.1, -0.05) is 103 Å². The van der Waals surface area contributed by atoms with Crippen LogP contribution >= 0.6 is 0 Å². The van der Waals surface area contributed by atoms with E-state index in [9.17, 15) is 0 Å². The van der Waals surface area contributed by atoms with Crippen molar-refractivity contribution in [2.75, 3.05) is 0 Å². The first kappa shape index (κ1) is 26.6. The number of aromatic nitrogens is 4. The maximum Gasteiger partial charge on any atom is 0.164 e. The number of nitrogens with zero attached hydrogens (tertiary/aromatic N) is 4. The maximum atomic E-state index is 6.47. The summed E-state index contributed by atoms with van der Waals surface area (Å²) in [5, 5.41) is 6.85. The summed E-state index contributed by atoms with van der Waals surface area (Å²) in [5.74, 6) is 1.89. The highest BCUT2D eigenvalue weighted by atomic mass is 16.3. The van der Waals surface area contributed by atoms with Gasteiger partial charge in [0.2, 0.25) is 0 Å². The zero-order chi connectivity index (χ0) is 31.6. The van der Waals surface area contributed by atoms with Crippen LogP contribution in [0.2, 0.25) is 0 Å². The van der Waals surface area contributed by atoms with Gasteiger partial charge in [-0.15, -0.1) is 0 Å². The molecule has 10 aromatic rings. The first-order valence-electron chi connectivity index (χ1n) is 16.0. The Morgan fingerprint density at radius 3 is 1.73 bits per heavy atom. The summed E-state index contributed by atoms with van der Waals surface area (Å²) in [4.78, 5) is 15.0. The van der Waals surface area contributed by atoms with Crippen molar-refractivity contribution in [3.8, 4) is 39.9 Å². The third-order valence-corrected chi connectivity index (χ3v) is 9.23. The molecule has 48 heavy (non-hydrogen) atoms. The molecule has 224 valence electrons. The molecule has 0 N–H and O–H groups in total. The molecule has 0 aliphatic heterocycles. The molecule has 0 amide bonds. The molecule has 0 fully saturated rings. The van der Waals surface area contributed by atoms with Crippen molar-refractivity contribution >= 4 is 54.5 Å². The van der Waals surface area contributed by atoms with Crippen LogP contribution in [0.25, 0.3) is 94.4 Å². The van der Waals surface area contributed by atoms with Crippen LogP contribution in [0.5, 0.6) is 0 Å². The summed E-state index contributed by atoms with van der Waals surface area (Å²) >= 11 is 0. The fraction of sp³-hybridized carbons (Fsp3) is 0. The predicted molar refractivity (Wildman–Crippen MR) is 195 cm³/mol. The predicted octanol–water partition coefficient (Wildman–Crippen LogP) is 11.0. The minimum atomic E-state index is 0.616. The van der Waals surface area contributed by atoms with E-state index in [1.807, 2.05) is 42.5 Å². The quantitative estimate of drug-likeness (QED) is 0.198. The van der Waals surface area contributed by atoms with Crippen LogP contribution in [0.4, 0.5) is 0 Å². The number of para-hydroxylation sites is 2. The third kappa shape index (κ3) is 4.22. The highest BCUT2D eigenvalue weighted by Crippen LogP contribution is 2.37. The smallest absolute Gasteiger partial charge is 0.164 e. The van der Waals surface area contributed by atoms with E-state index in [1.165, 1.54) is 27.2 Å². The number of fused-ring (bicyclic) bond motifs is 7. The average molecular weight is 615 g/mol. The lowest BCUT2D eigenvalue weighted by Gasteiger charge is -2.09. The Labute approximate surface area is 275 Å². The van der Waals surface area contributed by atoms with Gasteiger partial charge >= 0.3 is 0 Å². The Morgan fingerprint density at radius 1 is 0.375 bits per heavy atom. The second kappa shape index (κ2) is 10.5. The minimum Gasteiger partial charge on any atom is -0.456 e. The Hall–Kier alpha value is -6.59. The van der Waals surface area contributed by atoms with E-state index < -0.39 is 0 Å². The molecule has 7 aromatic carbocycles. The molecule has 0 atom stereocenters. The molecular formula is C43H26N4O. The van der Waals surface area contributed by atoms with Crippen molar-refractivity contribution in [1.82, 2.24) is 19.5 Å². The van der Waals surface area contributed by atoms with Gasteiger partial charge in [0.05, 0.1) is 11.0 Å². The van der Waals surface area contributed by atoms with E-state index in [1.54, 1.807) is 0 Å². The number of furan rings is 1. The van der Waals surface area contributed by atoms with Crippen LogP contribution in [-0.4, -0.2) is 19.5 Å². The third-order valence-electron chi connectivity index (χ3n) is 9.23. The zero-order valence-electron chi connectivity index (χ0n) is 25.7. The Morgan fingerprint density at radius 2 is 0.979 bits per heavy atom. The molecule has 0 aliphatic rings. The van der Waals surface area contributed by atoms with E-state index in [4.69, 9.17) is 19.4 Å². The molecule has 0 radical (unpaired) electrons. The second-order valence-electron chi connectivity index (χ2n) is 12.1. The Kier molecular flexibility index (Phi) is 5.81. The molecule has 10 rings (SSSR count). The molecular weight excluding hydrogens is 589 g/mol. The molecule has 0 saturated heterocycles. The molecule has 0 aliphatic carbocycles. The van der Waals surface area contributed by atoms with Crippen LogP contribution < -0.4 is 0 Å². The van der Waals surface area contributed by atoms with Crippen LogP contribution in [0.1, 0.15) is 0 Å². The molecule has 0 unspecified atom stereocenters. The van der Waals surface area contributed by atoms with Crippen molar-refractivity contribution in [3.63, 3.8) is 0 Å². The number of hydrogen-bond donors (Lipinski definition) is 0. The first-order chi connectivity index (χ1) is 23.8. The lowest BCUT2D eigenvalue weighted by Crippen LogP contribution is -2.00. The topological polar surface area (TPSA) is 56.7 Å². The number of benzene rings is 7. The molecule has 0 spiro atoms. The van der Waals surface area contributed by atoms with Crippen molar-refractivity contribution in [1.29, 1.82) is 0 Å². The standard InChI is InChI=1S/C43H26N4O/c1-2-11-28(12-3-1)41-44-42(30-19-18-27-10-4-5-13-29(27)24-30)46-43(45-41)31-20-23-39-36(25-31)35-22-21-32(26-40(35)48-39)47-37-16-8-6-14-33(37)34-15-7-9-17-38(34)47/h1-26H. The lowest BCUT2D eigenvalue weighted by molar-refractivity contribution is 0.668. The minimum absolute atomic E-state index is 0.616. The maximum absolute atomic E-state index is 6.47. The van der Waals surface area contributed by atoms with Gasteiger partial charge < -0.3 is 8.98 Å². The molecule has 5 nitrogen and oxygen atoms in total. The Balaban J connectivity index is 1.13. The molecule has 3 heterocycles. The Bertz CT molecular complexity index is 2800. The summed E-state index contributed by atoms with van der Waals surface area (Å²) < 4.78 is 8.78. The monoisotopic (exact) mass is 614 g/mol. The molecule has 3 aromatic heterocycles. The largest absolute Gasteiger partial charge is 0.456 e. The summed E-state index contributed by atoms with van der Waals surface area (Å²) in [7, 11) is 0. The number of hydrogen-bond acceptors (Lipinski definition) is 4. The van der Waals surface area contributed by atoms with Crippen LogP contribution in [0.3, 0.4) is 0 Å². The molecule has 0 saturated carbocycles. The van der Waals surface area contributed by atoms with Gasteiger partial charge in [-0.3, -0.25) is 0 Å². The normalized spacial score (nSPS) is 11.8. The van der Waals surface area contributed by atoms with Crippen molar-refractivity contribution in [2.24, 2.45) is 0 Å². The van der Waals surface area contributed by atoms with Gasteiger partial charge in [0.25, 0.3) is 0 Å². The van der Waals surface area contributed by atoms with Crippen LogP contribution in [0, 0.1) is 0 Å². The number of rotatable bonds is 4. The first-order valence-corrected chi connectivity index (χ1v) is 16.0. The van der Waals surface area contributed by atoms with Gasteiger partial charge in [-0.25, -0.2) is 15.0 Å². The SMILES string of the molecule is c1ccc(-c2nc(-c3ccc4ccccc4c3)nc(-c3ccc4oc5cc(-n6c7ccccc7c7ccccc76)ccc5c4c3)n2)cc1. The van der Waals surface area contributed by atoms with E-state index >= 15 is 0 Å². The van der Waals surface area contributed by atoms with E-state index in [0.717, 1.165) is 49.7 Å². The van der Waals surface area contributed by atoms with Crippen LogP contribution in [0.15, 0.2) is 162 Å². The fourth-order valence-corrected chi connectivity index (χ4v) is 6.92. The highest BCUT2D eigenvalue weighted by Gasteiger charge is 2.17. The van der Waals surface area contributed by atoms with Gasteiger partial charge in [-0.05, 0) is 59.3 Å². The summed E-state index contributed by atoms with van der Waals surface area (Å²) in [6, 6.07) is 54.5. The van der Waals surface area contributed by atoms with Gasteiger partial charge in [0.15, 0.2) is 17.5 Å². The van der Waals surface area contributed by atoms with Gasteiger partial charge in [-0.2, -0.15) is 0 Å². The highest BCUT2D eigenvalue weighted by molar-refractivity contribution is 6.10. The molecule has 0 bridgehead atoms. The summed E-state index contributed by atoms with van der Waals surface area (Å²) in [6.45, 7) is 0. The average Bonchev–Trinajstić information content (AvgIpc) is 3.69. The zero-order valence-corrected chi connectivity index (χ0v) is 25.7. The van der Waals surface area contributed by atoms with Gasteiger partial charge in [0, 0.05) is 50.0 Å². The van der Waals surface area contributed by atoms with Gasteiger partial charge in [0.1, 0.15) is 11.2 Å². The van der Waals surface area contributed by atoms with Crippen LogP contribution in [-0.2, 0) is 0 Å². The van der Waals surface area contributed by atoms with E-state index in [0.29, 0.717) is 17.5 Å². The van der Waals surface area contributed by atoms with Crippen molar-refractivity contribution < 1.29 is 4.42 Å². The van der Waals surface area contributed by atoms with Crippen molar-refractivity contribution in [3.05, 3.63) is 158 Å².